The first-order valence-electron chi connectivity index (χ1n) is 14.8. The Balaban J connectivity index is 1.29. The molecule has 3 aliphatic heterocycles. The molecule has 0 aromatic rings. The molecule has 1 aliphatic carbocycles. The molecule has 11 heteroatoms. The lowest BCUT2D eigenvalue weighted by atomic mass is 9.82. The SMILES string of the molecule is C=C1C[C@](O)(C(O)C(=O)NC2OCO[C@@H]3CC4(CC4)C(CC(O)CCC/C=C/C=C/C=C/C(=O)O)O[C@H]23)O[C@H](C)[C@@H]1C. The number of aliphatic hydroxyl groups is 3. The Hall–Kier alpha value is -2.38. The van der Waals surface area contributed by atoms with E-state index >= 15 is 0 Å². The van der Waals surface area contributed by atoms with E-state index in [1.165, 1.54) is 6.08 Å². The first-order valence-corrected chi connectivity index (χ1v) is 14.8. The zero-order valence-corrected chi connectivity index (χ0v) is 24.4. The molecule has 234 valence electrons. The van der Waals surface area contributed by atoms with Crippen molar-refractivity contribution < 1.29 is 49.0 Å². The Morgan fingerprint density at radius 2 is 1.88 bits per heavy atom. The van der Waals surface area contributed by atoms with Crippen LogP contribution in [0.3, 0.4) is 0 Å². The summed E-state index contributed by atoms with van der Waals surface area (Å²) in [7, 11) is 0. The number of ether oxygens (including phenoxy) is 4. The molecule has 3 heterocycles. The maximum absolute atomic E-state index is 13.1. The standard InChI is InChI=1S/C31H45NO10/c1-19-16-31(38,42-21(3)20(19)2)27(36)28(37)32-29-26-23(39-18-40-29)17-30(13-14-30)24(41-26)15-22(33)11-9-7-5-4-6-8-10-12-25(34)35/h4-6,8,10,12,20-24,26-27,29,33,36,38H,1,7,9,11,13-18H2,2-3H3,(H,32,37)(H,34,35)/b5-4+,8-6+,12-10+/t20-,21-,22?,23-,24?,26+,27?,29?,31-/m1/s1. The lowest BCUT2D eigenvalue weighted by Gasteiger charge is -2.48. The van der Waals surface area contributed by atoms with Crippen molar-refractivity contribution in [3.05, 3.63) is 48.6 Å². The summed E-state index contributed by atoms with van der Waals surface area (Å²) in [5.74, 6) is -3.96. The molecule has 4 unspecified atom stereocenters. The quantitative estimate of drug-likeness (QED) is 0.0986. The lowest BCUT2D eigenvalue weighted by Crippen LogP contribution is -2.64. The minimum absolute atomic E-state index is 0.0223. The molecule has 9 atom stereocenters. The van der Waals surface area contributed by atoms with Crippen LogP contribution in [0.5, 0.6) is 0 Å². The molecule has 0 aromatic carbocycles. The first-order chi connectivity index (χ1) is 19.9. The fourth-order valence-corrected chi connectivity index (χ4v) is 6.05. The second-order valence-electron chi connectivity index (χ2n) is 12.1. The van der Waals surface area contributed by atoms with Gasteiger partial charge in [-0.2, -0.15) is 0 Å². The van der Waals surface area contributed by atoms with E-state index in [0.717, 1.165) is 38.2 Å². The van der Waals surface area contributed by atoms with Gasteiger partial charge in [0.25, 0.3) is 5.91 Å². The van der Waals surface area contributed by atoms with E-state index < -0.39 is 48.3 Å². The van der Waals surface area contributed by atoms with Crippen LogP contribution in [0.2, 0.25) is 0 Å². The Bertz CT molecular complexity index is 1070. The molecule has 4 fully saturated rings. The third kappa shape index (κ3) is 7.96. The topological polar surface area (TPSA) is 164 Å². The van der Waals surface area contributed by atoms with Gasteiger partial charge in [0.05, 0.1) is 24.4 Å². The van der Waals surface area contributed by atoms with Crippen LogP contribution in [-0.2, 0) is 28.5 Å². The minimum atomic E-state index is -2.10. The number of hydrogen-bond donors (Lipinski definition) is 5. The molecular formula is C31H45NO10. The Labute approximate surface area is 246 Å². The number of carbonyl (C=O) groups is 2. The second-order valence-corrected chi connectivity index (χ2v) is 12.1. The summed E-state index contributed by atoms with van der Waals surface area (Å²) in [6.07, 6.45) is 9.95. The van der Waals surface area contributed by atoms with E-state index in [1.54, 1.807) is 19.1 Å². The van der Waals surface area contributed by atoms with E-state index in [4.69, 9.17) is 24.1 Å². The van der Waals surface area contributed by atoms with Crippen LogP contribution in [0.1, 0.15) is 65.2 Å². The van der Waals surface area contributed by atoms with Crippen molar-refractivity contribution in [3.8, 4) is 0 Å². The van der Waals surface area contributed by atoms with E-state index in [0.29, 0.717) is 18.4 Å². The van der Waals surface area contributed by atoms with E-state index in [1.807, 2.05) is 19.1 Å². The van der Waals surface area contributed by atoms with Crippen LogP contribution in [0, 0.1) is 11.3 Å². The third-order valence-electron chi connectivity index (χ3n) is 8.98. The Kier molecular flexibility index (Phi) is 10.8. The van der Waals surface area contributed by atoms with Gasteiger partial charge in [0.15, 0.2) is 12.3 Å². The second kappa shape index (κ2) is 13.9. The normalized spacial score (nSPS) is 35.9. The molecule has 0 radical (unpaired) electrons. The number of aliphatic hydroxyl groups excluding tert-OH is 2. The van der Waals surface area contributed by atoms with E-state index in [2.05, 4.69) is 11.9 Å². The molecule has 0 aromatic heterocycles. The van der Waals surface area contributed by atoms with Crippen molar-refractivity contribution >= 4 is 11.9 Å². The molecule has 1 saturated carbocycles. The van der Waals surface area contributed by atoms with Crippen molar-refractivity contribution in [2.45, 2.75) is 114 Å². The summed E-state index contributed by atoms with van der Waals surface area (Å²) in [4.78, 5) is 23.5. The molecule has 1 spiro atoms. The van der Waals surface area contributed by atoms with Gasteiger partial charge in [-0.15, -0.1) is 0 Å². The maximum Gasteiger partial charge on any atom is 0.328 e. The van der Waals surface area contributed by atoms with Crippen LogP contribution >= 0.6 is 0 Å². The lowest BCUT2D eigenvalue weighted by molar-refractivity contribution is -0.298. The molecule has 5 N–H and O–H groups in total. The fourth-order valence-electron chi connectivity index (χ4n) is 6.05. The van der Waals surface area contributed by atoms with Crippen molar-refractivity contribution in [3.63, 3.8) is 0 Å². The number of aliphatic carboxylic acids is 1. The van der Waals surface area contributed by atoms with Crippen molar-refractivity contribution in [2.24, 2.45) is 11.3 Å². The largest absolute Gasteiger partial charge is 0.478 e. The molecule has 0 bridgehead atoms. The van der Waals surface area contributed by atoms with E-state index in [-0.39, 0.29) is 36.8 Å². The third-order valence-corrected chi connectivity index (χ3v) is 8.98. The van der Waals surface area contributed by atoms with Crippen LogP contribution in [0.15, 0.2) is 48.6 Å². The van der Waals surface area contributed by atoms with Gasteiger partial charge in [-0.1, -0.05) is 49.5 Å². The number of fused-ring (bicyclic) bond motifs is 1. The monoisotopic (exact) mass is 591 g/mol. The highest BCUT2D eigenvalue weighted by Gasteiger charge is 2.59. The van der Waals surface area contributed by atoms with Gasteiger partial charge in [-0.25, -0.2) is 4.79 Å². The highest BCUT2D eigenvalue weighted by molar-refractivity contribution is 5.82. The van der Waals surface area contributed by atoms with Crippen LogP contribution in [0.4, 0.5) is 0 Å². The molecule has 1 amide bonds. The minimum Gasteiger partial charge on any atom is -0.478 e. The first kappa shape index (κ1) is 32.5. The molecule has 3 saturated heterocycles. The number of carboxylic acids is 1. The number of hydrogen-bond acceptors (Lipinski definition) is 9. The smallest absolute Gasteiger partial charge is 0.328 e. The number of carbonyl (C=O) groups excluding carboxylic acids is 1. The van der Waals surface area contributed by atoms with Gasteiger partial charge in [0.2, 0.25) is 5.79 Å². The van der Waals surface area contributed by atoms with Crippen LogP contribution < -0.4 is 5.32 Å². The Morgan fingerprint density at radius 3 is 2.57 bits per heavy atom. The Morgan fingerprint density at radius 1 is 1.14 bits per heavy atom. The zero-order chi connectivity index (χ0) is 30.5. The number of unbranched alkanes of at least 4 members (excludes halogenated alkanes) is 1. The highest BCUT2D eigenvalue weighted by Crippen LogP contribution is 2.58. The van der Waals surface area contributed by atoms with Crippen LogP contribution in [-0.4, -0.2) is 87.7 Å². The average molecular weight is 592 g/mol. The van der Waals surface area contributed by atoms with Gasteiger partial charge >= 0.3 is 5.97 Å². The summed E-state index contributed by atoms with van der Waals surface area (Å²) < 4.78 is 23.6. The summed E-state index contributed by atoms with van der Waals surface area (Å²) in [5.41, 5.74) is 0.621. The van der Waals surface area contributed by atoms with Gasteiger partial charge in [-0.05, 0) is 50.9 Å². The maximum atomic E-state index is 13.1. The number of nitrogens with one attached hydrogen (secondary N) is 1. The molecular weight excluding hydrogens is 546 g/mol. The van der Waals surface area contributed by atoms with Gasteiger partial charge in [0, 0.05) is 24.8 Å². The summed E-state index contributed by atoms with van der Waals surface area (Å²) in [6.45, 7) is 7.59. The molecule has 4 rings (SSSR count). The van der Waals surface area contributed by atoms with Crippen molar-refractivity contribution in [1.82, 2.24) is 5.32 Å². The average Bonchev–Trinajstić information content (AvgIpc) is 3.70. The molecule has 42 heavy (non-hydrogen) atoms. The highest BCUT2D eigenvalue weighted by atomic mass is 16.7. The van der Waals surface area contributed by atoms with Crippen LogP contribution in [0.25, 0.3) is 0 Å². The predicted octanol–water partition coefficient (Wildman–Crippen LogP) is 2.46. The number of allylic oxidation sites excluding steroid dienone is 5. The van der Waals surface area contributed by atoms with Gasteiger partial charge < -0.3 is 44.7 Å². The van der Waals surface area contributed by atoms with Crippen molar-refractivity contribution in [2.75, 3.05) is 6.79 Å². The van der Waals surface area contributed by atoms with Crippen molar-refractivity contribution in [1.29, 1.82) is 0 Å². The predicted molar refractivity (Wildman–Crippen MR) is 152 cm³/mol. The summed E-state index contributed by atoms with van der Waals surface area (Å²) in [6, 6.07) is 0. The van der Waals surface area contributed by atoms with E-state index in [9.17, 15) is 24.9 Å². The summed E-state index contributed by atoms with van der Waals surface area (Å²) >= 11 is 0. The summed E-state index contributed by atoms with van der Waals surface area (Å²) in [5, 5.41) is 43.8. The molecule has 4 aliphatic rings. The molecule has 11 nitrogen and oxygen atoms in total. The van der Waals surface area contributed by atoms with Gasteiger partial charge in [-0.3, -0.25) is 4.79 Å². The van der Waals surface area contributed by atoms with Gasteiger partial charge in [0.1, 0.15) is 12.9 Å². The fraction of sp³-hybridized carbons (Fsp3) is 0.677. The number of rotatable bonds is 12. The number of carboxylic acid groups (broad SMARTS) is 1. The number of amides is 1. The zero-order valence-electron chi connectivity index (χ0n) is 24.4.